The Hall–Kier alpha value is -2.79. The number of methoxy groups -OCH3 is 1. The Kier molecular flexibility index (Phi) is 8.05. The van der Waals surface area contributed by atoms with Crippen molar-refractivity contribution in [3.05, 3.63) is 53.6 Å². The van der Waals surface area contributed by atoms with Crippen molar-refractivity contribution in [1.29, 1.82) is 0 Å². The van der Waals surface area contributed by atoms with Gasteiger partial charge in [0.15, 0.2) is 0 Å². The van der Waals surface area contributed by atoms with Crippen molar-refractivity contribution in [1.82, 2.24) is 0 Å². The van der Waals surface area contributed by atoms with Gasteiger partial charge in [0, 0.05) is 31.0 Å². The van der Waals surface area contributed by atoms with Crippen LogP contribution in [0, 0.1) is 5.92 Å². The van der Waals surface area contributed by atoms with Gasteiger partial charge in [0.25, 0.3) is 0 Å². The molecular weight excluding hydrogens is 414 g/mol. The second kappa shape index (κ2) is 11.4. The molecule has 0 unspecified atom stereocenters. The molecule has 0 atom stereocenters. The number of fused-ring (bicyclic) bond motifs is 1. The number of unbranched alkanes of at least 4 members (excludes halogenated alkanes) is 1. The zero-order valence-electron chi connectivity index (χ0n) is 19.8. The molecule has 2 aliphatic rings. The van der Waals surface area contributed by atoms with E-state index in [1.807, 2.05) is 18.2 Å². The van der Waals surface area contributed by atoms with Crippen LogP contribution in [0.5, 0.6) is 5.75 Å². The van der Waals surface area contributed by atoms with E-state index in [-0.39, 0.29) is 5.97 Å². The smallest absolute Gasteiger partial charge is 0.333 e. The highest BCUT2D eigenvalue weighted by Crippen LogP contribution is 2.37. The highest BCUT2D eigenvalue weighted by Gasteiger charge is 2.27. The predicted molar refractivity (Wildman–Crippen MR) is 133 cm³/mol. The van der Waals surface area contributed by atoms with Gasteiger partial charge in [-0.25, -0.2) is 4.79 Å². The molecule has 0 bridgehead atoms. The number of carbonyl (C=O) groups is 1. The third-order valence-electron chi connectivity index (χ3n) is 6.30. The molecule has 2 aromatic rings. The van der Waals surface area contributed by atoms with Crippen LogP contribution in [0.2, 0.25) is 0 Å². The average Bonchev–Trinajstić information content (AvgIpc) is 3.68. The standard InChI is InChI=1S/C28H35NO4/c1-3-4-15-32-16-17-33-26-10-7-22(8-11-26)23-9-12-27-25(18-23)19-24(28(30)31-2)13-14-29(27)20-21-5-6-21/h7-12,18-19,21H,3-6,13-17,20H2,1-2H3. The predicted octanol–water partition coefficient (Wildman–Crippen LogP) is 5.73. The van der Waals surface area contributed by atoms with E-state index in [4.69, 9.17) is 14.2 Å². The van der Waals surface area contributed by atoms with Crippen LogP contribution in [-0.2, 0) is 14.3 Å². The largest absolute Gasteiger partial charge is 0.491 e. The molecule has 1 aliphatic carbocycles. The van der Waals surface area contributed by atoms with Crippen molar-refractivity contribution in [3.8, 4) is 16.9 Å². The normalized spacial score (nSPS) is 15.5. The number of carbonyl (C=O) groups excluding carboxylic acids is 1. The monoisotopic (exact) mass is 449 g/mol. The molecule has 2 aromatic carbocycles. The molecule has 5 heteroatoms. The van der Waals surface area contributed by atoms with Crippen molar-refractivity contribution >= 4 is 17.7 Å². The van der Waals surface area contributed by atoms with Crippen LogP contribution in [0.3, 0.4) is 0 Å². The minimum Gasteiger partial charge on any atom is -0.491 e. The number of esters is 1. The number of benzene rings is 2. The number of ether oxygens (including phenoxy) is 3. The van der Waals surface area contributed by atoms with Gasteiger partial charge in [-0.15, -0.1) is 0 Å². The van der Waals surface area contributed by atoms with Gasteiger partial charge in [-0.05, 0) is 78.6 Å². The quantitative estimate of drug-likeness (QED) is 0.324. The minimum absolute atomic E-state index is 0.236. The lowest BCUT2D eigenvalue weighted by Crippen LogP contribution is -2.27. The van der Waals surface area contributed by atoms with Crippen molar-refractivity contribution in [2.75, 3.05) is 44.9 Å². The van der Waals surface area contributed by atoms with E-state index in [0.717, 1.165) is 66.5 Å². The van der Waals surface area contributed by atoms with E-state index in [2.05, 4.69) is 42.2 Å². The van der Waals surface area contributed by atoms with Crippen molar-refractivity contribution in [3.63, 3.8) is 0 Å². The summed E-state index contributed by atoms with van der Waals surface area (Å²) in [7, 11) is 1.45. The molecule has 0 amide bonds. The minimum atomic E-state index is -0.236. The second-order valence-electron chi connectivity index (χ2n) is 8.91. The Morgan fingerprint density at radius 3 is 2.55 bits per heavy atom. The van der Waals surface area contributed by atoms with Gasteiger partial charge in [-0.1, -0.05) is 31.5 Å². The second-order valence-corrected chi connectivity index (χ2v) is 8.91. The Morgan fingerprint density at radius 1 is 1.03 bits per heavy atom. The summed E-state index contributed by atoms with van der Waals surface area (Å²) in [5, 5.41) is 0. The summed E-state index contributed by atoms with van der Waals surface area (Å²) in [6.45, 7) is 6.02. The van der Waals surface area contributed by atoms with E-state index >= 15 is 0 Å². The molecule has 33 heavy (non-hydrogen) atoms. The maximum absolute atomic E-state index is 12.3. The van der Waals surface area contributed by atoms with E-state index in [1.165, 1.54) is 25.6 Å². The first-order valence-electron chi connectivity index (χ1n) is 12.2. The summed E-state index contributed by atoms with van der Waals surface area (Å²) in [6.07, 6.45) is 7.56. The highest BCUT2D eigenvalue weighted by molar-refractivity contribution is 5.96. The van der Waals surface area contributed by atoms with Crippen molar-refractivity contribution < 1.29 is 19.0 Å². The lowest BCUT2D eigenvalue weighted by molar-refractivity contribution is -0.136. The Balaban J connectivity index is 1.48. The van der Waals surface area contributed by atoms with Crippen molar-refractivity contribution in [2.24, 2.45) is 5.92 Å². The Labute approximate surface area is 197 Å². The van der Waals surface area contributed by atoms with Gasteiger partial charge >= 0.3 is 5.97 Å². The molecular formula is C28H35NO4. The molecule has 176 valence electrons. The Bertz CT molecular complexity index is 962. The molecule has 0 aromatic heterocycles. The molecule has 0 N–H and O–H groups in total. The maximum Gasteiger partial charge on any atom is 0.333 e. The molecule has 5 nitrogen and oxygen atoms in total. The van der Waals surface area contributed by atoms with Gasteiger partial charge in [0.2, 0.25) is 0 Å². The fourth-order valence-corrected chi connectivity index (χ4v) is 4.18. The van der Waals surface area contributed by atoms with Crippen LogP contribution < -0.4 is 9.64 Å². The molecule has 1 aliphatic heterocycles. The topological polar surface area (TPSA) is 48.0 Å². The summed E-state index contributed by atoms with van der Waals surface area (Å²) in [5.41, 5.74) is 5.26. The van der Waals surface area contributed by atoms with Crippen LogP contribution in [0.4, 0.5) is 5.69 Å². The van der Waals surface area contributed by atoms with E-state index in [9.17, 15) is 4.79 Å². The maximum atomic E-state index is 12.3. The summed E-state index contributed by atoms with van der Waals surface area (Å²) < 4.78 is 16.4. The zero-order valence-corrected chi connectivity index (χ0v) is 19.8. The Morgan fingerprint density at radius 2 is 1.82 bits per heavy atom. The van der Waals surface area contributed by atoms with Gasteiger partial charge < -0.3 is 19.1 Å². The third kappa shape index (κ3) is 6.38. The molecule has 4 rings (SSSR count). The first kappa shape index (κ1) is 23.4. The number of rotatable bonds is 11. The van der Waals surface area contributed by atoms with Gasteiger partial charge in [-0.3, -0.25) is 0 Å². The molecule has 1 saturated carbocycles. The number of nitrogens with zero attached hydrogens (tertiary/aromatic N) is 1. The first-order valence-corrected chi connectivity index (χ1v) is 12.2. The zero-order chi connectivity index (χ0) is 23.0. The van der Waals surface area contributed by atoms with Crippen molar-refractivity contribution in [2.45, 2.75) is 39.0 Å². The third-order valence-corrected chi connectivity index (χ3v) is 6.30. The number of anilines is 1. The van der Waals surface area contributed by atoms with E-state index in [1.54, 1.807) is 0 Å². The summed E-state index contributed by atoms with van der Waals surface area (Å²) in [5.74, 6) is 1.39. The average molecular weight is 450 g/mol. The van der Waals surface area contributed by atoms with Gasteiger partial charge in [0.1, 0.15) is 12.4 Å². The lowest BCUT2D eigenvalue weighted by Gasteiger charge is -2.25. The molecule has 1 heterocycles. The van der Waals surface area contributed by atoms with Crippen LogP contribution >= 0.6 is 0 Å². The molecule has 0 radical (unpaired) electrons. The summed E-state index contributed by atoms with van der Waals surface area (Å²) in [4.78, 5) is 14.7. The number of hydrogen-bond acceptors (Lipinski definition) is 5. The fraction of sp³-hybridized carbons (Fsp3) is 0.464. The van der Waals surface area contributed by atoms with Gasteiger partial charge in [0.05, 0.1) is 13.7 Å². The van der Waals surface area contributed by atoms with Gasteiger partial charge in [-0.2, -0.15) is 0 Å². The SMILES string of the molecule is CCCCOCCOc1ccc(-c2ccc3c(c2)C=C(C(=O)OC)CCN3CC2CC2)cc1. The van der Waals surface area contributed by atoms with E-state index < -0.39 is 0 Å². The lowest BCUT2D eigenvalue weighted by atomic mass is 10.00. The fourth-order valence-electron chi connectivity index (χ4n) is 4.18. The first-order chi connectivity index (χ1) is 16.2. The van der Waals surface area contributed by atoms with E-state index in [0.29, 0.717) is 19.6 Å². The summed E-state index contributed by atoms with van der Waals surface area (Å²) >= 11 is 0. The van der Waals surface area contributed by atoms with Crippen LogP contribution in [0.25, 0.3) is 17.2 Å². The van der Waals surface area contributed by atoms with Crippen LogP contribution in [0.15, 0.2) is 48.0 Å². The molecule has 0 spiro atoms. The molecule has 1 fully saturated rings. The summed E-state index contributed by atoms with van der Waals surface area (Å²) in [6, 6.07) is 14.7. The van der Waals surface area contributed by atoms with Crippen LogP contribution in [-0.4, -0.2) is 46.0 Å². The number of hydrogen-bond donors (Lipinski definition) is 0. The highest BCUT2D eigenvalue weighted by atomic mass is 16.5. The van der Waals surface area contributed by atoms with Crippen LogP contribution in [0.1, 0.15) is 44.6 Å². The molecule has 0 saturated heterocycles.